The van der Waals surface area contributed by atoms with Crippen molar-refractivity contribution in [1.29, 1.82) is 0 Å². The summed E-state index contributed by atoms with van der Waals surface area (Å²) < 4.78 is 32.6. The molecule has 1 N–H and O–H groups in total. The molecule has 8 heteroatoms. The number of alkyl halides is 2. The van der Waals surface area contributed by atoms with Gasteiger partial charge >= 0.3 is 0 Å². The Morgan fingerprint density at radius 2 is 1.97 bits per heavy atom. The summed E-state index contributed by atoms with van der Waals surface area (Å²) in [7, 11) is 1.59. The molecule has 2 aliphatic rings. The van der Waals surface area contributed by atoms with Crippen LogP contribution in [0.15, 0.2) is 60.8 Å². The summed E-state index contributed by atoms with van der Waals surface area (Å²) in [6, 6.07) is 17.8. The molecule has 1 amide bonds. The fraction of sp³-hybridized carbons (Fsp3) is 0.333. The molecule has 1 aliphatic carbocycles. The van der Waals surface area contributed by atoms with Crippen LogP contribution >= 0.6 is 11.3 Å². The van der Waals surface area contributed by atoms with Crippen LogP contribution in [0.3, 0.4) is 0 Å². The zero-order valence-electron chi connectivity index (χ0n) is 21.4. The van der Waals surface area contributed by atoms with Gasteiger partial charge in [0, 0.05) is 46.4 Å². The Morgan fingerprint density at radius 3 is 2.71 bits per heavy atom. The van der Waals surface area contributed by atoms with Gasteiger partial charge in [-0.25, -0.2) is 8.78 Å². The van der Waals surface area contributed by atoms with E-state index in [0.717, 1.165) is 50.2 Å². The van der Waals surface area contributed by atoms with Crippen LogP contribution < -0.4 is 10.1 Å². The first-order valence-electron chi connectivity index (χ1n) is 12.8. The third kappa shape index (κ3) is 4.78. The number of fused-ring (bicyclic) bond motifs is 1. The predicted molar refractivity (Wildman–Crippen MR) is 146 cm³/mol. The number of thiophene rings is 1. The van der Waals surface area contributed by atoms with E-state index in [2.05, 4.69) is 34.6 Å². The van der Waals surface area contributed by atoms with Crippen molar-refractivity contribution >= 4 is 28.1 Å². The zero-order valence-corrected chi connectivity index (χ0v) is 22.2. The van der Waals surface area contributed by atoms with E-state index in [4.69, 9.17) is 4.74 Å². The van der Waals surface area contributed by atoms with E-state index in [1.54, 1.807) is 30.7 Å². The first-order valence-corrected chi connectivity index (χ1v) is 13.6. The highest BCUT2D eigenvalue weighted by molar-refractivity contribution is 7.15. The number of ether oxygens (including phenoxy) is 1. The van der Waals surface area contributed by atoms with Crippen LogP contribution in [-0.4, -0.2) is 41.9 Å². The molecule has 3 heterocycles. The molecular weight excluding hydrogens is 504 g/mol. The largest absolute Gasteiger partial charge is 0.497 e. The Balaban J connectivity index is 1.32. The van der Waals surface area contributed by atoms with Crippen molar-refractivity contribution in [2.45, 2.75) is 44.2 Å². The summed E-state index contributed by atoms with van der Waals surface area (Å²) in [6.07, 6.45) is 3.39. The molecule has 2 aromatic heterocycles. The van der Waals surface area contributed by atoms with Crippen LogP contribution in [-0.2, 0) is 12.1 Å². The minimum atomic E-state index is -2.59. The molecule has 5 nitrogen and oxygen atoms in total. The molecular formula is C30H29F2N3O2S. The number of carbonyl (C=O) groups excluding carboxylic acids is 1. The van der Waals surface area contributed by atoms with Crippen LogP contribution in [0.2, 0.25) is 0 Å². The molecule has 1 saturated heterocycles. The number of carbonyl (C=O) groups is 1. The molecule has 1 aliphatic heterocycles. The van der Waals surface area contributed by atoms with Crippen LogP contribution in [0.4, 0.5) is 8.78 Å². The number of nitrogens with one attached hydrogen (secondary N) is 1. The molecule has 4 aromatic rings. The standard InChI is InChI=1S/C30H29F2N3O2S/c1-19-5-6-21(37-2)16-24(19)28(36)34-29(9-10-29)25-14-20(15-26-23(25)4-3-12-33-26)27-8-7-22(38-27)17-35-13-11-30(31,32)18-35/h3-8,12,14-16H,9-11,13,17-18H2,1-2H3,(H,34,36). The fourth-order valence-corrected chi connectivity index (χ4v) is 6.38. The highest BCUT2D eigenvalue weighted by atomic mass is 32.1. The lowest BCUT2D eigenvalue weighted by molar-refractivity contribution is 0.0116. The fourth-order valence-electron chi connectivity index (χ4n) is 5.35. The van der Waals surface area contributed by atoms with Gasteiger partial charge in [-0.1, -0.05) is 12.1 Å². The quantitative estimate of drug-likeness (QED) is 0.293. The van der Waals surface area contributed by atoms with Crippen LogP contribution in [0, 0.1) is 6.92 Å². The first kappa shape index (κ1) is 24.9. The van der Waals surface area contributed by atoms with Gasteiger partial charge in [-0.15, -0.1) is 11.3 Å². The lowest BCUT2D eigenvalue weighted by atomic mass is 9.95. The summed E-state index contributed by atoms with van der Waals surface area (Å²) in [6.45, 7) is 2.68. The molecule has 38 heavy (non-hydrogen) atoms. The predicted octanol–water partition coefficient (Wildman–Crippen LogP) is 6.54. The molecule has 0 unspecified atom stereocenters. The van der Waals surface area contributed by atoms with Gasteiger partial charge in [0.15, 0.2) is 0 Å². The van der Waals surface area contributed by atoms with Crippen molar-refractivity contribution in [3.8, 4) is 16.2 Å². The topological polar surface area (TPSA) is 54.5 Å². The highest BCUT2D eigenvalue weighted by Crippen LogP contribution is 2.49. The molecule has 1 saturated carbocycles. The lowest BCUT2D eigenvalue weighted by Gasteiger charge is -2.22. The second kappa shape index (κ2) is 9.43. The van der Waals surface area contributed by atoms with Crippen molar-refractivity contribution < 1.29 is 18.3 Å². The third-order valence-corrected chi connectivity index (χ3v) is 8.72. The van der Waals surface area contributed by atoms with Gasteiger partial charge in [-0.05, 0) is 78.9 Å². The van der Waals surface area contributed by atoms with Crippen molar-refractivity contribution in [1.82, 2.24) is 15.2 Å². The number of likely N-dealkylation sites (tertiary alicyclic amines) is 1. The van der Waals surface area contributed by atoms with Crippen molar-refractivity contribution in [2.75, 3.05) is 20.2 Å². The number of hydrogen-bond acceptors (Lipinski definition) is 5. The summed E-state index contributed by atoms with van der Waals surface area (Å²) >= 11 is 1.62. The summed E-state index contributed by atoms with van der Waals surface area (Å²) in [4.78, 5) is 22.0. The van der Waals surface area contributed by atoms with Gasteiger partial charge < -0.3 is 10.1 Å². The monoisotopic (exact) mass is 533 g/mol. The summed E-state index contributed by atoms with van der Waals surface area (Å²) in [5.41, 5.74) is 3.97. The maximum Gasteiger partial charge on any atom is 0.261 e. The Hall–Kier alpha value is -3.36. The number of amides is 1. The van der Waals surface area contributed by atoms with Gasteiger partial charge in [-0.2, -0.15) is 0 Å². The molecule has 2 fully saturated rings. The van der Waals surface area contributed by atoms with Crippen LogP contribution in [0.25, 0.3) is 21.3 Å². The second-order valence-corrected chi connectivity index (χ2v) is 11.6. The van der Waals surface area contributed by atoms with Crippen molar-refractivity contribution in [2.24, 2.45) is 0 Å². The van der Waals surface area contributed by atoms with E-state index in [-0.39, 0.29) is 18.9 Å². The molecule has 196 valence electrons. The number of halogens is 2. The Kier molecular flexibility index (Phi) is 6.19. The number of hydrogen-bond donors (Lipinski definition) is 1. The Morgan fingerprint density at radius 1 is 1.13 bits per heavy atom. The summed E-state index contributed by atoms with van der Waals surface area (Å²) in [5.74, 6) is -2.07. The average Bonchev–Trinajstić information content (AvgIpc) is 3.38. The second-order valence-electron chi connectivity index (χ2n) is 10.4. The van der Waals surface area contributed by atoms with E-state index in [0.29, 0.717) is 24.4 Å². The van der Waals surface area contributed by atoms with E-state index < -0.39 is 11.5 Å². The molecule has 0 radical (unpaired) electrons. The van der Waals surface area contributed by atoms with Gasteiger partial charge in [0.2, 0.25) is 0 Å². The molecule has 0 atom stereocenters. The van der Waals surface area contributed by atoms with Gasteiger partial charge in [0.05, 0.1) is 24.7 Å². The van der Waals surface area contributed by atoms with E-state index in [1.807, 2.05) is 36.1 Å². The minimum Gasteiger partial charge on any atom is -0.497 e. The van der Waals surface area contributed by atoms with E-state index in [9.17, 15) is 13.6 Å². The smallest absolute Gasteiger partial charge is 0.261 e. The number of aromatic nitrogens is 1. The van der Waals surface area contributed by atoms with Crippen molar-refractivity contribution in [3.63, 3.8) is 0 Å². The normalized spacial score (nSPS) is 18.0. The van der Waals surface area contributed by atoms with Gasteiger partial charge in [-0.3, -0.25) is 14.7 Å². The third-order valence-electron chi connectivity index (χ3n) is 7.60. The number of pyridine rings is 1. The van der Waals surface area contributed by atoms with E-state index in [1.165, 1.54) is 0 Å². The molecule has 0 spiro atoms. The molecule has 2 aromatic carbocycles. The zero-order chi connectivity index (χ0) is 26.5. The number of aryl methyl sites for hydroxylation is 1. The summed E-state index contributed by atoms with van der Waals surface area (Å²) in [5, 5.41) is 4.35. The van der Waals surface area contributed by atoms with Crippen LogP contribution in [0.5, 0.6) is 5.75 Å². The Labute approximate surface area is 224 Å². The minimum absolute atomic E-state index is 0.0754. The number of rotatable bonds is 7. The van der Waals surface area contributed by atoms with Crippen molar-refractivity contribution in [3.05, 3.63) is 82.4 Å². The number of benzene rings is 2. The van der Waals surface area contributed by atoms with Gasteiger partial charge in [0.1, 0.15) is 5.75 Å². The number of methoxy groups -OCH3 is 1. The number of nitrogens with zero attached hydrogens (tertiary/aromatic N) is 2. The SMILES string of the molecule is COc1ccc(C)c(C(=O)NC2(c3cc(-c4ccc(CN5CCC(F)(F)C5)s4)cc4ncccc34)CC2)c1. The highest BCUT2D eigenvalue weighted by Gasteiger charge is 2.47. The first-order chi connectivity index (χ1) is 18.2. The van der Waals surface area contributed by atoms with E-state index >= 15 is 0 Å². The van der Waals surface area contributed by atoms with Gasteiger partial charge in [0.25, 0.3) is 11.8 Å². The average molecular weight is 534 g/mol. The maximum absolute atomic E-state index is 13.7. The van der Waals surface area contributed by atoms with Crippen LogP contribution in [0.1, 0.15) is 45.6 Å². The maximum atomic E-state index is 13.7. The Bertz CT molecular complexity index is 1530. The lowest BCUT2D eigenvalue weighted by Crippen LogP contribution is -2.35. The molecule has 0 bridgehead atoms. The molecule has 6 rings (SSSR count).